The third-order valence-corrected chi connectivity index (χ3v) is 4.40. The molecule has 5 heteroatoms. The monoisotopic (exact) mass is 339 g/mol. The van der Waals surface area contributed by atoms with Crippen LogP contribution in [0.5, 0.6) is 0 Å². The summed E-state index contributed by atoms with van der Waals surface area (Å²) in [6, 6.07) is 16.1. The van der Waals surface area contributed by atoms with E-state index in [0.717, 1.165) is 35.5 Å². The zero-order valence-electron chi connectivity index (χ0n) is 13.1. The number of nitrogens with one attached hydrogen (secondary N) is 2. The van der Waals surface area contributed by atoms with Crippen molar-refractivity contribution in [3.8, 4) is 0 Å². The summed E-state index contributed by atoms with van der Waals surface area (Å²) >= 11 is 6.15. The van der Waals surface area contributed by atoms with Gasteiger partial charge in [-0.2, -0.15) is 0 Å². The molecule has 2 aromatic carbocycles. The van der Waals surface area contributed by atoms with Crippen molar-refractivity contribution in [2.75, 3.05) is 16.8 Å². The van der Waals surface area contributed by atoms with E-state index in [1.807, 2.05) is 59.6 Å². The van der Waals surface area contributed by atoms with E-state index in [1.165, 1.54) is 0 Å². The van der Waals surface area contributed by atoms with Crippen molar-refractivity contribution in [3.63, 3.8) is 0 Å². The molecule has 1 amide bonds. The number of rotatable bonds is 4. The summed E-state index contributed by atoms with van der Waals surface area (Å²) in [6.45, 7) is 0.280. The summed E-state index contributed by atoms with van der Waals surface area (Å²) in [6.07, 6.45) is 4.14. The summed E-state index contributed by atoms with van der Waals surface area (Å²) in [5.74, 6) is 0.0361. The first-order valence-corrected chi connectivity index (χ1v) is 8.47. The predicted octanol–water partition coefficient (Wildman–Crippen LogP) is 3.85. The lowest BCUT2D eigenvalue weighted by atomic mass is 10.1. The van der Waals surface area contributed by atoms with Crippen LogP contribution in [0, 0.1) is 0 Å². The van der Waals surface area contributed by atoms with Gasteiger partial charge in [-0.05, 0) is 36.6 Å². The second kappa shape index (κ2) is 6.21. The smallest absolute Gasteiger partial charge is 0.240 e. The predicted molar refractivity (Wildman–Crippen MR) is 98.0 cm³/mol. The topological polar surface area (TPSA) is 44.4 Å². The molecular formula is C19H18ClN3O. The Morgan fingerprint density at radius 1 is 1.21 bits per heavy atom. The van der Waals surface area contributed by atoms with Gasteiger partial charge in [0.1, 0.15) is 6.54 Å². The fourth-order valence-corrected chi connectivity index (χ4v) is 2.97. The fraction of sp³-hybridized carbons (Fsp3) is 0.211. The fourth-order valence-electron chi connectivity index (χ4n) is 2.80. The van der Waals surface area contributed by atoms with Crippen LogP contribution in [0.4, 0.5) is 11.4 Å². The van der Waals surface area contributed by atoms with Crippen molar-refractivity contribution in [2.45, 2.75) is 18.9 Å². The van der Waals surface area contributed by atoms with Crippen molar-refractivity contribution in [2.24, 2.45) is 0 Å². The Balaban J connectivity index is 1.65. The molecule has 0 aromatic heterocycles. The Kier molecular flexibility index (Phi) is 3.90. The normalized spacial score (nSPS) is 16.0. The van der Waals surface area contributed by atoms with E-state index >= 15 is 0 Å². The van der Waals surface area contributed by atoms with E-state index in [0.29, 0.717) is 11.1 Å². The quantitative estimate of drug-likeness (QED) is 0.889. The number of hydrogen-bond donors (Lipinski definition) is 2. The number of benzene rings is 2. The van der Waals surface area contributed by atoms with Crippen LogP contribution < -0.4 is 15.5 Å². The van der Waals surface area contributed by atoms with Gasteiger partial charge in [0.2, 0.25) is 5.91 Å². The van der Waals surface area contributed by atoms with Crippen LogP contribution in [-0.4, -0.2) is 18.5 Å². The summed E-state index contributed by atoms with van der Waals surface area (Å²) in [5, 5.41) is 7.12. The number of carbonyl (C=O) groups excluding carboxylic acids is 1. The van der Waals surface area contributed by atoms with Crippen LogP contribution >= 0.6 is 11.6 Å². The second-order valence-electron chi connectivity index (χ2n) is 6.16. The van der Waals surface area contributed by atoms with Crippen molar-refractivity contribution in [1.29, 1.82) is 0 Å². The van der Waals surface area contributed by atoms with Crippen molar-refractivity contribution < 1.29 is 4.79 Å². The first-order chi connectivity index (χ1) is 11.7. The molecule has 4 nitrogen and oxygen atoms in total. The number of halogens is 1. The van der Waals surface area contributed by atoms with Gasteiger partial charge in [0.05, 0.1) is 17.1 Å². The Morgan fingerprint density at radius 2 is 2.00 bits per heavy atom. The largest absolute Gasteiger partial charge is 0.352 e. The number of nitrogens with zero attached hydrogens (tertiary/aromatic N) is 1. The summed E-state index contributed by atoms with van der Waals surface area (Å²) in [7, 11) is 0. The molecule has 2 aliphatic rings. The van der Waals surface area contributed by atoms with Crippen LogP contribution in [-0.2, 0) is 4.79 Å². The van der Waals surface area contributed by atoms with Gasteiger partial charge >= 0.3 is 0 Å². The minimum Gasteiger partial charge on any atom is -0.352 e. The Bertz CT molecular complexity index is 800. The lowest BCUT2D eigenvalue weighted by Gasteiger charge is -2.30. The van der Waals surface area contributed by atoms with Crippen LogP contribution in [0.2, 0.25) is 5.02 Å². The van der Waals surface area contributed by atoms with E-state index in [4.69, 9.17) is 11.6 Å². The lowest BCUT2D eigenvalue weighted by Crippen LogP contribution is -2.37. The Hall–Kier alpha value is -2.46. The van der Waals surface area contributed by atoms with E-state index < -0.39 is 0 Å². The maximum absolute atomic E-state index is 12.3. The highest BCUT2D eigenvalue weighted by Crippen LogP contribution is 2.36. The molecule has 0 saturated heterocycles. The highest BCUT2D eigenvalue weighted by molar-refractivity contribution is 6.31. The average molecular weight is 340 g/mol. The molecule has 1 aliphatic heterocycles. The van der Waals surface area contributed by atoms with Crippen LogP contribution in [0.3, 0.4) is 0 Å². The molecule has 0 spiro atoms. The van der Waals surface area contributed by atoms with Gasteiger partial charge in [0, 0.05) is 17.3 Å². The van der Waals surface area contributed by atoms with E-state index in [-0.39, 0.29) is 12.5 Å². The molecule has 0 radical (unpaired) electrons. The molecule has 122 valence electrons. The molecule has 0 bridgehead atoms. The van der Waals surface area contributed by atoms with Gasteiger partial charge in [-0.1, -0.05) is 41.9 Å². The molecule has 4 rings (SSSR count). The minimum atomic E-state index is 0.0361. The van der Waals surface area contributed by atoms with Gasteiger partial charge in [-0.25, -0.2) is 0 Å². The van der Waals surface area contributed by atoms with E-state index in [2.05, 4.69) is 10.6 Å². The maximum atomic E-state index is 12.3. The van der Waals surface area contributed by atoms with Gasteiger partial charge in [-0.15, -0.1) is 0 Å². The third kappa shape index (κ3) is 3.24. The zero-order valence-corrected chi connectivity index (χ0v) is 13.9. The second-order valence-corrected chi connectivity index (χ2v) is 6.60. The molecular weight excluding hydrogens is 322 g/mol. The number of anilines is 2. The molecule has 2 aromatic rings. The SMILES string of the molecule is O=C(CN1C=C(c2ccccc2)Nc2ccc(Cl)cc21)NC1CC1. The van der Waals surface area contributed by atoms with Crippen LogP contribution in [0.1, 0.15) is 18.4 Å². The van der Waals surface area contributed by atoms with E-state index in [9.17, 15) is 4.79 Å². The van der Waals surface area contributed by atoms with Crippen LogP contribution in [0.15, 0.2) is 54.7 Å². The third-order valence-electron chi connectivity index (χ3n) is 4.16. The van der Waals surface area contributed by atoms with E-state index in [1.54, 1.807) is 0 Å². The minimum absolute atomic E-state index is 0.0361. The highest BCUT2D eigenvalue weighted by atomic mass is 35.5. The number of fused-ring (bicyclic) bond motifs is 1. The number of hydrogen-bond acceptors (Lipinski definition) is 3. The zero-order chi connectivity index (χ0) is 16.5. The van der Waals surface area contributed by atoms with Gasteiger partial charge < -0.3 is 15.5 Å². The number of carbonyl (C=O) groups is 1. The molecule has 1 aliphatic carbocycles. The highest BCUT2D eigenvalue weighted by Gasteiger charge is 2.25. The Morgan fingerprint density at radius 3 is 2.75 bits per heavy atom. The molecule has 1 fully saturated rings. The molecule has 1 saturated carbocycles. The van der Waals surface area contributed by atoms with Gasteiger partial charge in [-0.3, -0.25) is 4.79 Å². The summed E-state index contributed by atoms with van der Waals surface area (Å²) < 4.78 is 0. The van der Waals surface area contributed by atoms with Crippen LogP contribution in [0.25, 0.3) is 5.70 Å². The first-order valence-electron chi connectivity index (χ1n) is 8.09. The average Bonchev–Trinajstić information content (AvgIpc) is 3.39. The lowest BCUT2D eigenvalue weighted by molar-refractivity contribution is -0.119. The van der Waals surface area contributed by atoms with Crippen molar-refractivity contribution in [1.82, 2.24) is 5.32 Å². The van der Waals surface area contributed by atoms with Gasteiger partial charge in [0.25, 0.3) is 0 Å². The summed E-state index contributed by atoms with van der Waals surface area (Å²) in [5.41, 5.74) is 3.89. The molecule has 0 atom stereocenters. The molecule has 0 unspecified atom stereocenters. The molecule has 1 heterocycles. The summed E-state index contributed by atoms with van der Waals surface area (Å²) in [4.78, 5) is 14.2. The number of amides is 1. The maximum Gasteiger partial charge on any atom is 0.240 e. The van der Waals surface area contributed by atoms with Crippen molar-refractivity contribution >= 4 is 34.6 Å². The molecule has 24 heavy (non-hydrogen) atoms. The van der Waals surface area contributed by atoms with Crippen molar-refractivity contribution in [3.05, 3.63) is 65.3 Å². The standard InChI is InChI=1S/C19H18ClN3O/c20-14-6-9-16-18(10-14)23(12-19(24)21-15-7-8-15)11-17(22-16)13-4-2-1-3-5-13/h1-6,9-11,15,22H,7-8,12H2,(H,21,24). The first kappa shape index (κ1) is 15.1. The molecule has 2 N–H and O–H groups in total. The van der Waals surface area contributed by atoms with Gasteiger partial charge in [0.15, 0.2) is 0 Å². The Labute approximate surface area is 146 Å².